The first-order valence-electron chi connectivity index (χ1n) is 15.8. The van der Waals surface area contributed by atoms with Crippen molar-refractivity contribution in [1.82, 2.24) is 0 Å². The second kappa shape index (κ2) is 12.6. The lowest BCUT2D eigenvalue weighted by Crippen LogP contribution is -2.38. The molecule has 0 bridgehead atoms. The van der Waals surface area contributed by atoms with Crippen LogP contribution in [0.2, 0.25) is 0 Å². The standard InChI is InChI=1S/C41H46O3/c1-27(2)39(42)44-40(6,7)23-24-43-41(8)37-22-16-15-21-34(37)30(5)36-26-33(28(3)31-17-11-9-12-18-31)25-35(38(36)41)29(4)32-19-13-10-14-20-32/h9-22,25-26,28-30H,1,23-24H2,2-8H3. The zero-order chi connectivity index (χ0) is 31.6. The molecular weight excluding hydrogens is 540 g/mol. The zero-order valence-corrected chi connectivity index (χ0v) is 27.3. The Morgan fingerprint density at radius 1 is 0.841 bits per heavy atom. The maximum atomic E-state index is 12.3. The number of rotatable bonds is 10. The van der Waals surface area contributed by atoms with Gasteiger partial charge in [-0.3, -0.25) is 0 Å². The molecule has 44 heavy (non-hydrogen) atoms. The fourth-order valence-corrected chi connectivity index (χ4v) is 6.70. The summed E-state index contributed by atoms with van der Waals surface area (Å²) in [6.07, 6.45) is 0.557. The highest BCUT2D eigenvalue weighted by atomic mass is 16.6. The topological polar surface area (TPSA) is 35.5 Å². The summed E-state index contributed by atoms with van der Waals surface area (Å²) in [5.74, 6) is 0.225. The minimum absolute atomic E-state index is 0.154. The second-order valence-electron chi connectivity index (χ2n) is 13.2. The van der Waals surface area contributed by atoms with E-state index < -0.39 is 11.2 Å². The highest BCUT2D eigenvalue weighted by Crippen LogP contribution is 2.52. The molecule has 0 aliphatic heterocycles. The summed E-state index contributed by atoms with van der Waals surface area (Å²) in [4.78, 5) is 12.3. The Morgan fingerprint density at radius 3 is 2.02 bits per heavy atom. The molecule has 4 unspecified atom stereocenters. The molecule has 3 nitrogen and oxygen atoms in total. The average Bonchev–Trinajstić information content (AvgIpc) is 3.03. The molecule has 0 spiro atoms. The van der Waals surface area contributed by atoms with Gasteiger partial charge in [-0.15, -0.1) is 0 Å². The number of fused-ring (bicyclic) bond motifs is 2. The summed E-state index contributed by atoms with van der Waals surface area (Å²) >= 11 is 0. The van der Waals surface area contributed by atoms with Gasteiger partial charge in [0.1, 0.15) is 11.2 Å². The predicted octanol–water partition coefficient (Wildman–Crippen LogP) is 10.0. The number of benzene rings is 4. The molecule has 1 aliphatic carbocycles. The number of carbonyl (C=O) groups is 1. The van der Waals surface area contributed by atoms with Crippen molar-refractivity contribution < 1.29 is 14.3 Å². The van der Waals surface area contributed by atoms with Crippen molar-refractivity contribution in [2.24, 2.45) is 0 Å². The molecule has 0 saturated heterocycles. The van der Waals surface area contributed by atoms with Gasteiger partial charge in [0.05, 0.1) is 6.61 Å². The molecule has 0 saturated carbocycles. The Kier molecular flexibility index (Phi) is 9.00. The van der Waals surface area contributed by atoms with E-state index in [2.05, 4.69) is 131 Å². The van der Waals surface area contributed by atoms with Crippen molar-refractivity contribution in [3.8, 4) is 0 Å². The Hall–Kier alpha value is -3.95. The lowest BCUT2D eigenvalue weighted by atomic mass is 9.66. The Bertz CT molecular complexity index is 1640. The molecule has 4 aromatic carbocycles. The number of hydrogen-bond acceptors (Lipinski definition) is 3. The molecule has 4 aromatic rings. The Balaban J connectivity index is 1.65. The van der Waals surface area contributed by atoms with E-state index in [0.29, 0.717) is 18.6 Å². The first-order chi connectivity index (χ1) is 20.9. The molecule has 0 amide bonds. The van der Waals surface area contributed by atoms with Crippen LogP contribution in [0.25, 0.3) is 0 Å². The molecule has 3 heteroatoms. The van der Waals surface area contributed by atoms with Crippen molar-refractivity contribution in [1.29, 1.82) is 0 Å². The van der Waals surface area contributed by atoms with Crippen LogP contribution in [0.4, 0.5) is 0 Å². The van der Waals surface area contributed by atoms with Gasteiger partial charge >= 0.3 is 5.97 Å². The average molecular weight is 587 g/mol. The fourth-order valence-electron chi connectivity index (χ4n) is 6.70. The van der Waals surface area contributed by atoms with E-state index in [1.165, 1.54) is 44.5 Å². The Morgan fingerprint density at radius 2 is 1.41 bits per heavy atom. The van der Waals surface area contributed by atoms with Gasteiger partial charge in [0.15, 0.2) is 0 Å². The van der Waals surface area contributed by atoms with Crippen LogP contribution in [0.1, 0.15) is 117 Å². The molecule has 228 valence electrons. The maximum Gasteiger partial charge on any atom is 0.333 e. The summed E-state index contributed by atoms with van der Waals surface area (Å²) in [5.41, 5.74) is 9.26. The second-order valence-corrected chi connectivity index (χ2v) is 13.2. The first-order valence-corrected chi connectivity index (χ1v) is 15.8. The van der Waals surface area contributed by atoms with Gasteiger partial charge in [-0.05, 0) is 72.2 Å². The fraction of sp³-hybridized carbons (Fsp3) is 0.341. The third-order valence-electron chi connectivity index (χ3n) is 9.48. The Labute approximate surface area is 263 Å². The molecule has 5 rings (SSSR count). The molecular formula is C41H46O3. The van der Waals surface area contributed by atoms with Gasteiger partial charge in [-0.1, -0.05) is 124 Å². The van der Waals surface area contributed by atoms with Crippen molar-refractivity contribution >= 4 is 5.97 Å². The van der Waals surface area contributed by atoms with Crippen molar-refractivity contribution in [3.63, 3.8) is 0 Å². The van der Waals surface area contributed by atoms with Gasteiger partial charge in [-0.2, -0.15) is 0 Å². The SMILES string of the molecule is C=C(C)C(=O)OC(C)(C)CCOC1(C)c2ccccc2C(C)c2cc(C(C)c3ccccc3)cc(C(C)c3ccccc3)c21. The van der Waals surface area contributed by atoms with E-state index in [1.54, 1.807) is 6.92 Å². The molecule has 0 radical (unpaired) electrons. The zero-order valence-electron chi connectivity index (χ0n) is 27.3. The highest BCUT2D eigenvalue weighted by Gasteiger charge is 2.43. The summed E-state index contributed by atoms with van der Waals surface area (Å²) in [7, 11) is 0. The largest absolute Gasteiger partial charge is 0.456 e. The van der Waals surface area contributed by atoms with E-state index in [0.717, 1.165) is 0 Å². The van der Waals surface area contributed by atoms with E-state index in [9.17, 15) is 4.79 Å². The van der Waals surface area contributed by atoms with Gasteiger partial charge in [0.2, 0.25) is 0 Å². The summed E-state index contributed by atoms with van der Waals surface area (Å²) < 4.78 is 12.8. The van der Waals surface area contributed by atoms with Crippen molar-refractivity contribution in [2.45, 2.75) is 83.8 Å². The molecule has 4 atom stereocenters. The summed E-state index contributed by atoms with van der Waals surface area (Å²) in [6, 6.07) is 35.1. The molecule has 0 fully saturated rings. The number of carbonyl (C=O) groups excluding carboxylic acids is 1. The van der Waals surface area contributed by atoms with Crippen LogP contribution in [-0.4, -0.2) is 18.2 Å². The van der Waals surface area contributed by atoms with Crippen LogP contribution < -0.4 is 0 Å². The lowest BCUT2D eigenvalue weighted by molar-refractivity contribution is -0.154. The normalized spacial score (nSPS) is 18.9. The van der Waals surface area contributed by atoms with Gasteiger partial charge < -0.3 is 9.47 Å². The predicted molar refractivity (Wildman–Crippen MR) is 180 cm³/mol. The van der Waals surface area contributed by atoms with Gasteiger partial charge in [0.25, 0.3) is 0 Å². The molecule has 0 heterocycles. The monoisotopic (exact) mass is 586 g/mol. The summed E-state index contributed by atoms with van der Waals surface area (Å²) in [5, 5.41) is 0. The van der Waals surface area contributed by atoms with E-state index in [4.69, 9.17) is 9.47 Å². The molecule has 0 aromatic heterocycles. The van der Waals surface area contributed by atoms with Crippen LogP contribution in [0, 0.1) is 0 Å². The van der Waals surface area contributed by atoms with Crippen LogP contribution in [-0.2, 0) is 19.9 Å². The maximum absolute atomic E-state index is 12.3. The van der Waals surface area contributed by atoms with E-state index >= 15 is 0 Å². The third kappa shape index (κ3) is 6.16. The smallest absolute Gasteiger partial charge is 0.333 e. The number of esters is 1. The van der Waals surface area contributed by atoms with Crippen LogP contribution in [0.5, 0.6) is 0 Å². The van der Waals surface area contributed by atoms with Gasteiger partial charge in [0, 0.05) is 29.7 Å². The highest BCUT2D eigenvalue weighted by molar-refractivity contribution is 5.87. The minimum Gasteiger partial charge on any atom is -0.456 e. The van der Waals surface area contributed by atoms with E-state index in [1.807, 2.05) is 13.8 Å². The number of hydrogen-bond donors (Lipinski definition) is 0. The third-order valence-corrected chi connectivity index (χ3v) is 9.48. The van der Waals surface area contributed by atoms with Crippen LogP contribution >= 0.6 is 0 Å². The lowest BCUT2D eigenvalue weighted by Gasteiger charge is -2.43. The quantitative estimate of drug-likeness (QED) is 0.137. The van der Waals surface area contributed by atoms with E-state index in [-0.39, 0.29) is 23.7 Å². The van der Waals surface area contributed by atoms with Crippen LogP contribution in [0.3, 0.4) is 0 Å². The minimum atomic E-state index is -0.695. The first kappa shape index (κ1) is 31.5. The molecule has 0 N–H and O–H groups in total. The molecule has 1 aliphatic rings. The number of ether oxygens (including phenoxy) is 2. The van der Waals surface area contributed by atoms with Crippen molar-refractivity contribution in [3.05, 3.63) is 154 Å². The van der Waals surface area contributed by atoms with Crippen LogP contribution in [0.15, 0.2) is 109 Å². The van der Waals surface area contributed by atoms with Gasteiger partial charge in [-0.25, -0.2) is 4.79 Å². The van der Waals surface area contributed by atoms with Crippen molar-refractivity contribution in [2.75, 3.05) is 6.61 Å². The summed E-state index contributed by atoms with van der Waals surface area (Å²) in [6.45, 7) is 18.9.